The smallest absolute Gasteiger partial charge is 0.00989 e. The van der Waals surface area contributed by atoms with Gasteiger partial charge in [-0.05, 0) is 25.2 Å². The van der Waals surface area contributed by atoms with E-state index in [9.17, 15) is 0 Å². The van der Waals surface area contributed by atoms with E-state index in [1.165, 1.54) is 25.7 Å². The van der Waals surface area contributed by atoms with Crippen molar-refractivity contribution < 1.29 is 0 Å². The highest BCUT2D eigenvalue weighted by atomic mass is 15.0. The van der Waals surface area contributed by atoms with Gasteiger partial charge in [-0.15, -0.1) is 0 Å². The van der Waals surface area contributed by atoms with E-state index in [-0.39, 0.29) is 0 Å². The van der Waals surface area contributed by atoms with Gasteiger partial charge in [-0.25, -0.2) is 0 Å². The Morgan fingerprint density at radius 2 is 2.33 bits per heavy atom. The van der Waals surface area contributed by atoms with Crippen LogP contribution in [0, 0.1) is 5.92 Å². The lowest BCUT2D eigenvalue weighted by atomic mass is 9.87. The molecular formula is C8H15N. The van der Waals surface area contributed by atoms with E-state index in [1.807, 2.05) is 0 Å². The number of fused-ring (bicyclic) bond motifs is 2. The molecule has 0 saturated carbocycles. The highest BCUT2D eigenvalue weighted by Crippen LogP contribution is 2.34. The molecular weight excluding hydrogens is 110 g/mol. The van der Waals surface area contributed by atoms with Crippen LogP contribution in [0.2, 0.25) is 0 Å². The normalized spacial score (nSPS) is 48.3. The summed E-state index contributed by atoms with van der Waals surface area (Å²) in [7, 11) is 0. The van der Waals surface area contributed by atoms with Gasteiger partial charge in [0.05, 0.1) is 0 Å². The molecule has 0 aromatic rings. The fourth-order valence-corrected chi connectivity index (χ4v) is 2.39. The Bertz CT molecular complexity index is 111. The van der Waals surface area contributed by atoms with Crippen molar-refractivity contribution >= 4 is 0 Å². The lowest BCUT2D eigenvalue weighted by Crippen LogP contribution is -2.22. The molecule has 2 heterocycles. The largest absolute Gasteiger partial charge is 0.311 e. The molecule has 1 N–H and O–H groups in total. The van der Waals surface area contributed by atoms with Crippen molar-refractivity contribution in [2.24, 2.45) is 5.92 Å². The van der Waals surface area contributed by atoms with Crippen molar-refractivity contribution in [1.82, 2.24) is 5.32 Å². The molecule has 0 aliphatic carbocycles. The lowest BCUT2D eigenvalue weighted by molar-refractivity contribution is 0.395. The predicted octanol–water partition coefficient (Wildman–Crippen LogP) is 1.54. The maximum absolute atomic E-state index is 3.63. The Morgan fingerprint density at radius 3 is 2.67 bits per heavy atom. The van der Waals surface area contributed by atoms with E-state index in [1.54, 1.807) is 0 Å². The Hall–Kier alpha value is -0.0400. The van der Waals surface area contributed by atoms with Crippen molar-refractivity contribution in [1.29, 1.82) is 0 Å². The first-order chi connectivity index (χ1) is 4.40. The molecule has 0 spiro atoms. The van der Waals surface area contributed by atoms with E-state index >= 15 is 0 Å². The standard InChI is InChI=1S/C8H15N/c1-2-6-5-7-3-4-8(6)9-7/h6-9H,2-5H2,1H3/t6-,7?,8?/m0/s1. The average molecular weight is 125 g/mol. The maximum atomic E-state index is 3.63. The highest BCUT2D eigenvalue weighted by Gasteiger charge is 2.37. The van der Waals surface area contributed by atoms with E-state index in [0.29, 0.717) is 0 Å². The number of hydrogen-bond acceptors (Lipinski definition) is 1. The van der Waals surface area contributed by atoms with Gasteiger partial charge in [0.25, 0.3) is 0 Å². The molecule has 1 nitrogen and oxygen atoms in total. The van der Waals surface area contributed by atoms with Crippen LogP contribution in [0.15, 0.2) is 0 Å². The molecule has 2 fully saturated rings. The van der Waals surface area contributed by atoms with Crippen LogP contribution in [-0.4, -0.2) is 12.1 Å². The Kier molecular flexibility index (Phi) is 1.26. The first-order valence-electron chi connectivity index (χ1n) is 4.16. The lowest BCUT2D eigenvalue weighted by Gasteiger charge is -2.17. The molecule has 3 atom stereocenters. The number of hydrogen-bond donors (Lipinski definition) is 1. The van der Waals surface area contributed by atoms with Crippen molar-refractivity contribution in [2.75, 3.05) is 0 Å². The second-order valence-electron chi connectivity index (χ2n) is 3.45. The zero-order chi connectivity index (χ0) is 6.27. The first-order valence-corrected chi connectivity index (χ1v) is 4.16. The molecule has 52 valence electrons. The van der Waals surface area contributed by atoms with Crippen molar-refractivity contribution in [3.8, 4) is 0 Å². The van der Waals surface area contributed by atoms with Gasteiger partial charge >= 0.3 is 0 Å². The summed E-state index contributed by atoms with van der Waals surface area (Å²) in [6.07, 6.45) is 5.74. The Balaban J connectivity index is 2.01. The van der Waals surface area contributed by atoms with E-state index in [0.717, 1.165) is 18.0 Å². The Morgan fingerprint density at radius 1 is 1.44 bits per heavy atom. The summed E-state index contributed by atoms with van der Waals surface area (Å²) in [4.78, 5) is 0. The minimum atomic E-state index is 0.903. The summed E-state index contributed by atoms with van der Waals surface area (Å²) in [5.74, 6) is 1.02. The van der Waals surface area contributed by atoms with Gasteiger partial charge in [0.2, 0.25) is 0 Å². The minimum absolute atomic E-state index is 0.903. The van der Waals surface area contributed by atoms with Crippen LogP contribution in [-0.2, 0) is 0 Å². The summed E-state index contributed by atoms with van der Waals surface area (Å²) < 4.78 is 0. The van der Waals surface area contributed by atoms with Gasteiger partial charge < -0.3 is 5.32 Å². The molecule has 0 aromatic carbocycles. The third kappa shape index (κ3) is 0.787. The minimum Gasteiger partial charge on any atom is -0.311 e. The zero-order valence-electron chi connectivity index (χ0n) is 6.06. The summed E-state index contributed by atoms with van der Waals surface area (Å²) in [6, 6.07) is 1.81. The molecule has 0 aromatic heterocycles. The van der Waals surface area contributed by atoms with Crippen LogP contribution in [0.4, 0.5) is 0 Å². The van der Waals surface area contributed by atoms with Crippen LogP contribution in [0.5, 0.6) is 0 Å². The topological polar surface area (TPSA) is 12.0 Å². The number of nitrogens with one attached hydrogen (secondary N) is 1. The molecule has 2 aliphatic rings. The van der Waals surface area contributed by atoms with Crippen molar-refractivity contribution in [3.63, 3.8) is 0 Å². The second kappa shape index (κ2) is 1.98. The van der Waals surface area contributed by atoms with Crippen LogP contribution >= 0.6 is 0 Å². The quantitative estimate of drug-likeness (QED) is 0.560. The van der Waals surface area contributed by atoms with E-state index < -0.39 is 0 Å². The molecule has 0 amide bonds. The summed E-state index contributed by atoms with van der Waals surface area (Å²) in [5, 5.41) is 3.63. The molecule has 2 unspecified atom stereocenters. The molecule has 0 radical (unpaired) electrons. The van der Waals surface area contributed by atoms with Gasteiger partial charge in [0.15, 0.2) is 0 Å². The second-order valence-corrected chi connectivity index (χ2v) is 3.45. The van der Waals surface area contributed by atoms with Gasteiger partial charge in [-0.3, -0.25) is 0 Å². The molecule has 2 saturated heterocycles. The molecule has 9 heavy (non-hydrogen) atoms. The van der Waals surface area contributed by atoms with Crippen LogP contribution in [0.1, 0.15) is 32.6 Å². The van der Waals surface area contributed by atoms with Gasteiger partial charge in [-0.2, -0.15) is 0 Å². The van der Waals surface area contributed by atoms with E-state index in [2.05, 4.69) is 12.2 Å². The fourth-order valence-electron chi connectivity index (χ4n) is 2.39. The predicted molar refractivity (Wildman–Crippen MR) is 38.3 cm³/mol. The summed E-state index contributed by atoms with van der Waals surface area (Å²) in [6.45, 7) is 2.31. The van der Waals surface area contributed by atoms with E-state index in [4.69, 9.17) is 0 Å². The number of rotatable bonds is 1. The van der Waals surface area contributed by atoms with Gasteiger partial charge in [0.1, 0.15) is 0 Å². The van der Waals surface area contributed by atoms with Gasteiger partial charge in [-0.1, -0.05) is 13.3 Å². The van der Waals surface area contributed by atoms with Gasteiger partial charge in [0, 0.05) is 12.1 Å². The van der Waals surface area contributed by atoms with Crippen molar-refractivity contribution in [2.45, 2.75) is 44.7 Å². The summed E-state index contributed by atoms with van der Waals surface area (Å²) >= 11 is 0. The zero-order valence-corrected chi connectivity index (χ0v) is 6.06. The summed E-state index contributed by atoms with van der Waals surface area (Å²) in [5.41, 5.74) is 0. The maximum Gasteiger partial charge on any atom is 0.00989 e. The molecule has 2 aliphatic heterocycles. The van der Waals surface area contributed by atoms with Crippen LogP contribution in [0.3, 0.4) is 0 Å². The van der Waals surface area contributed by atoms with Crippen LogP contribution < -0.4 is 5.32 Å². The monoisotopic (exact) mass is 125 g/mol. The third-order valence-corrected chi connectivity index (χ3v) is 2.96. The molecule has 1 heteroatoms. The first kappa shape index (κ1) is 5.72. The SMILES string of the molecule is CC[C@H]1CC2CCC1N2. The fraction of sp³-hybridized carbons (Fsp3) is 1.00. The highest BCUT2D eigenvalue weighted by molar-refractivity contribution is 4.96. The van der Waals surface area contributed by atoms with Crippen LogP contribution in [0.25, 0.3) is 0 Å². The average Bonchev–Trinajstić information content (AvgIpc) is 2.45. The third-order valence-electron chi connectivity index (χ3n) is 2.96. The molecule has 2 rings (SSSR count). The molecule has 2 bridgehead atoms. The van der Waals surface area contributed by atoms with Crippen molar-refractivity contribution in [3.05, 3.63) is 0 Å². The Labute approximate surface area is 56.8 Å².